The fourth-order valence-corrected chi connectivity index (χ4v) is 2.37. The van der Waals surface area contributed by atoms with Gasteiger partial charge in [0, 0.05) is 5.69 Å². The van der Waals surface area contributed by atoms with Crippen molar-refractivity contribution in [2.24, 2.45) is 4.99 Å². The Hall–Kier alpha value is -1.41. The Kier molecular flexibility index (Phi) is 9.63. The van der Waals surface area contributed by atoms with E-state index in [1.54, 1.807) is 11.8 Å². The van der Waals surface area contributed by atoms with Crippen LogP contribution in [0.15, 0.2) is 53.5 Å². The number of ether oxygens (including phenoxy) is 2. The van der Waals surface area contributed by atoms with Gasteiger partial charge in [0.15, 0.2) is 5.17 Å². The normalized spacial score (nSPS) is 10.7. The van der Waals surface area contributed by atoms with Gasteiger partial charge in [-0.05, 0) is 68.6 Å². The van der Waals surface area contributed by atoms with Crippen LogP contribution in [0, 0.1) is 0 Å². The molecule has 4 nitrogen and oxygen atoms in total. The Morgan fingerprint density at radius 3 is 1.88 bits per heavy atom. The van der Waals surface area contributed by atoms with Gasteiger partial charge in [-0.25, -0.2) is 4.99 Å². The van der Waals surface area contributed by atoms with E-state index < -0.39 is 0 Å². The number of rotatable bonds is 6. The van der Waals surface area contributed by atoms with Gasteiger partial charge in [0.05, 0.1) is 18.9 Å². The van der Waals surface area contributed by atoms with E-state index in [2.05, 4.69) is 10.3 Å². The molecule has 0 saturated carbocycles. The van der Waals surface area contributed by atoms with Gasteiger partial charge < -0.3 is 14.8 Å². The van der Waals surface area contributed by atoms with Crippen molar-refractivity contribution < 1.29 is 9.47 Å². The zero-order chi connectivity index (χ0) is 16.5. The number of anilines is 1. The van der Waals surface area contributed by atoms with Crippen LogP contribution in [0.2, 0.25) is 0 Å². The molecule has 0 unspecified atom stereocenters. The van der Waals surface area contributed by atoms with Gasteiger partial charge >= 0.3 is 0 Å². The van der Waals surface area contributed by atoms with Crippen LogP contribution in [0.25, 0.3) is 0 Å². The lowest BCUT2D eigenvalue weighted by Crippen LogP contribution is -2.06. The number of hydrogen-bond acceptors (Lipinski definition) is 4. The molecule has 0 fully saturated rings. The third kappa shape index (κ3) is 6.60. The quantitative estimate of drug-likeness (QED) is 0.350. The van der Waals surface area contributed by atoms with E-state index in [9.17, 15) is 0 Å². The lowest BCUT2D eigenvalue weighted by atomic mass is 10.3. The number of thioether (sulfide) groups is 1. The smallest absolute Gasteiger partial charge is 0.165 e. The summed E-state index contributed by atoms with van der Waals surface area (Å²) in [4.78, 5) is 4.61. The van der Waals surface area contributed by atoms with E-state index in [1.165, 1.54) is 0 Å². The van der Waals surface area contributed by atoms with Crippen LogP contribution >= 0.6 is 35.7 Å². The monoisotopic (exact) mass is 458 g/mol. The van der Waals surface area contributed by atoms with Gasteiger partial charge in [0.25, 0.3) is 0 Å². The van der Waals surface area contributed by atoms with Gasteiger partial charge in [0.1, 0.15) is 11.5 Å². The molecule has 0 aliphatic carbocycles. The molecule has 0 heterocycles. The van der Waals surface area contributed by atoms with Gasteiger partial charge in [-0.15, -0.1) is 24.0 Å². The number of nitrogens with one attached hydrogen (secondary N) is 1. The molecule has 0 saturated heterocycles. The molecule has 0 spiro atoms. The van der Waals surface area contributed by atoms with Crippen LogP contribution in [0.1, 0.15) is 13.8 Å². The maximum Gasteiger partial charge on any atom is 0.165 e. The molecule has 2 aromatic carbocycles. The Morgan fingerprint density at radius 2 is 1.42 bits per heavy atom. The molecule has 0 aliphatic rings. The SMILES string of the molecule is CCOc1ccc(N=C(Nc2ccc(OCC)cc2)SC)cc1.I. The maximum absolute atomic E-state index is 5.44. The highest BCUT2D eigenvalue weighted by molar-refractivity contribution is 14.0. The van der Waals surface area contributed by atoms with Crippen molar-refractivity contribution in [2.45, 2.75) is 13.8 Å². The molecule has 0 radical (unpaired) electrons. The number of benzene rings is 2. The fraction of sp³-hybridized carbons (Fsp3) is 0.278. The van der Waals surface area contributed by atoms with Gasteiger partial charge in [0.2, 0.25) is 0 Å². The first-order chi connectivity index (χ1) is 11.2. The first-order valence-corrected chi connectivity index (χ1v) is 8.83. The van der Waals surface area contributed by atoms with E-state index in [4.69, 9.17) is 9.47 Å². The summed E-state index contributed by atoms with van der Waals surface area (Å²) < 4.78 is 10.9. The Bertz CT molecular complexity index is 630. The number of halogens is 1. The molecular weight excluding hydrogens is 435 g/mol. The summed E-state index contributed by atoms with van der Waals surface area (Å²) in [5.41, 5.74) is 1.86. The summed E-state index contributed by atoms with van der Waals surface area (Å²) in [6.07, 6.45) is 2.00. The standard InChI is InChI=1S/C18H22N2O2S.HI/c1-4-21-16-10-6-14(7-11-16)19-18(23-3)20-15-8-12-17(13-9-15)22-5-2;/h6-13H,4-5H2,1-3H3,(H,19,20);1H. The molecule has 2 rings (SSSR count). The molecule has 130 valence electrons. The minimum Gasteiger partial charge on any atom is -0.494 e. The molecule has 0 bridgehead atoms. The van der Waals surface area contributed by atoms with Crippen LogP contribution in [-0.4, -0.2) is 24.6 Å². The summed E-state index contributed by atoms with van der Waals surface area (Å²) in [7, 11) is 0. The Morgan fingerprint density at radius 1 is 0.917 bits per heavy atom. The summed E-state index contributed by atoms with van der Waals surface area (Å²) in [5, 5.41) is 4.14. The molecule has 0 atom stereocenters. The average molecular weight is 458 g/mol. The van der Waals surface area contributed by atoms with Gasteiger partial charge in [-0.1, -0.05) is 11.8 Å². The molecule has 1 N–H and O–H groups in total. The predicted molar refractivity (Wildman–Crippen MR) is 115 cm³/mol. The van der Waals surface area contributed by atoms with E-state index in [0.29, 0.717) is 13.2 Å². The number of hydrogen-bond donors (Lipinski definition) is 1. The van der Waals surface area contributed by atoms with Crippen molar-refractivity contribution in [3.05, 3.63) is 48.5 Å². The summed E-state index contributed by atoms with van der Waals surface area (Å²) in [5.74, 6) is 1.73. The van der Waals surface area contributed by atoms with E-state index in [0.717, 1.165) is 28.0 Å². The van der Waals surface area contributed by atoms with E-state index in [1.807, 2.05) is 68.6 Å². The average Bonchev–Trinajstić information content (AvgIpc) is 2.58. The molecule has 0 amide bonds. The zero-order valence-electron chi connectivity index (χ0n) is 14.1. The fourth-order valence-electron chi connectivity index (χ4n) is 1.95. The third-order valence-corrected chi connectivity index (χ3v) is 3.57. The van der Waals surface area contributed by atoms with Crippen LogP contribution in [0.3, 0.4) is 0 Å². The van der Waals surface area contributed by atoms with Gasteiger partial charge in [-0.3, -0.25) is 0 Å². The Labute approximate surface area is 165 Å². The second-order valence-electron chi connectivity index (χ2n) is 4.63. The van der Waals surface area contributed by atoms with E-state index >= 15 is 0 Å². The molecule has 0 aromatic heterocycles. The topological polar surface area (TPSA) is 42.8 Å². The zero-order valence-corrected chi connectivity index (χ0v) is 17.3. The Balaban J connectivity index is 0.00000288. The number of amidine groups is 1. The summed E-state index contributed by atoms with van der Waals surface area (Å²) in [6, 6.07) is 15.6. The minimum atomic E-state index is 0. The second kappa shape index (κ2) is 11.2. The number of aliphatic imine (C=N–C) groups is 1. The molecule has 24 heavy (non-hydrogen) atoms. The second-order valence-corrected chi connectivity index (χ2v) is 5.43. The van der Waals surface area contributed by atoms with Crippen LogP contribution in [0.4, 0.5) is 11.4 Å². The third-order valence-electron chi connectivity index (χ3n) is 2.99. The molecule has 0 aliphatic heterocycles. The maximum atomic E-state index is 5.44. The van der Waals surface area contributed by atoms with Crippen LogP contribution in [0.5, 0.6) is 11.5 Å². The lowest BCUT2D eigenvalue weighted by Gasteiger charge is -2.09. The highest BCUT2D eigenvalue weighted by Crippen LogP contribution is 2.21. The lowest BCUT2D eigenvalue weighted by molar-refractivity contribution is 0.340. The van der Waals surface area contributed by atoms with Crippen molar-refractivity contribution >= 4 is 52.3 Å². The van der Waals surface area contributed by atoms with Crippen molar-refractivity contribution in [2.75, 3.05) is 24.8 Å². The highest BCUT2D eigenvalue weighted by Gasteiger charge is 2.01. The summed E-state index contributed by atoms with van der Waals surface area (Å²) >= 11 is 1.56. The number of nitrogens with zero attached hydrogens (tertiary/aromatic N) is 1. The first-order valence-electron chi connectivity index (χ1n) is 7.60. The molecular formula is C18H23IN2O2S. The molecule has 2 aromatic rings. The van der Waals surface area contributed by atoms with Crippen LogP contribution in [-0.2, 0) is 0 Å². The largest absolute Gasteiger partial charge is 0.494 e. The van der Waals surface area contributed by atoms with Crippen molar-refractivity contribution in [1.82, 2.24) is 0 Å². The summed E-state index contributed by atoms with van der Waals surface area (Å²) in [6.45, 7) is 5.28. The highest BCUT2D eigenvalue weighted by atomic mass is 127. The predicted octanol–water partition coefficient (Wildman–Crippen LogP) is 5.56. The van der Waals surface area contributed by atoms with Crippen molar-refractivity contribution in [3.8, 4) is 11.5 Å². The van der Waals surface area contributed by atoms with E-state index in [-0.39, 0.29) is 24.0 Å². The van der Waals surface area contributed by atoms with Crippen molar-refractivity contribution in [1.29, 1.82) is 0 Å². The van der Waals surface area contributed by atoms with Crippen LogP contribution < -0.4 is 14.8 Å². The minimum absolute atomic E-state index is 0. The van der Waals surface area contributed by atoms with Gasteiger partial charge in [-0.2, -0.15) is 0 Å². The molecule has 6 heteroatoms. The van der Waals surface area contributed by atoms with Crippen molar-refractivity contribution in [3.63, 3.8) is 0 Å². The first kappa shape index (κ1) is 20.6.